The molecule has 5 nitrogen and oxygen atoms in total. The van der Waals surface area contributed by atoms with Gasteiger partial charge in [0.25, 0.3) is 5.91 Å². The van der Waals surface area contributed by atoms with Crippen LogP contribution in [0, 0.1) is 5.82 Å². The van der Waals surface area contributed by atoms with Crippen molar-refractivity contribution in [1.82, 2.24) is 10.2 Å². The van der Waals surface area contributed by atoms with Gasteiger partial charge in [-0.05, 0) is 57.4 Å². The Bertz CT molecular complexity index is 865. The Labute approximate surface area is 152 Å². The molecule has 0 aromatic heterocycles. The number of halogens is 2. The topological polar surface area (TPSA) is 58.6 Å². The summed E-state index contributed by atoms with van der Waals surface area (Å²) >= 11 is 3.42. The molecule has 1 aliphatic rings. The van der Waals surface area contributed by atoms with Gasteiger partial charge in [-0.1, -0.05) is 18.2 Å². The first-order valence-electron chi connectivity index (χ1n) is 7.41. The first-order chi connectivity index (χ1) is 11.9. The highest BCUT2D eigenvalue weighted by Crippen LogP contribution is 2.28. The summed E-state index contributed by atoms with van der Waals surface area (Å²) in [4.78, 5) is 24.3. The largest absolute Gasteiger partial charge is 0.488 e. The number of hydrogen-bond donors (Lipinski definition) is 1. The van der Waals surface area contributed by atoms with E-state index in [2.05, 4.69) is 21.2 Å². The molecule has 0 saturated carbocycles. The van der Waals surface area contributed by atoms with Gasteiger partial charge < -0.3 is 10.1 Å². The summed E-state index contributed by atoms with van der Waals surface area (Å²) in [6.45, 7) is 0.304. The van der Waals surface area contributed by atoms with Gasteiger partial charge in [0.1, 0.15) is 23.9 Å². The molecular weight excluding hydrogens is 391 g/mol. The summed E-state index contributed by atoms with van der Waals surface area (Å²) in [7, 11) is 1.42. The monoisotopic (exact) mass is 404 g/mol. The number of amides is 3. The number of nitrogens with one attached hydrogen (secondary N) is 1. The first-order valence-corrected chi connectivity index (χ1v) is 8.21. The minimum Gasteiger partial charge on any atom is -0.488 e. The lowest BCUT2D eigenvalue weighted by Gasteiger charge is -2.09. The van der Waals surface area contributed by atoms with E-state index in [1.165, 1.54) is 19.2 Å². The van der Waals surface area contributed by atoms with Crippen LogP contribution in [0.3, 0.4) is 0 Å². The van der Waals surface area contributed by atoms with E-state index in [4.69, 9.17) is 4.74 Å². The average molecular weight is 405 g/mol. The van der Waals surface area contributed by atoms with Gasteiger partial charge in [-0.15, -0.1) is 0 Å². The second-order valence-corrected chi connectivity index (χ2v) is 6.31. The molecule has 0 unspecified atom stereocenters. The summed E-state index contributed by atoms with van der Waals surface area (Å²) in [6.07, 6.45) is 1.60. The smallest absolute Gasteiger partial charge is 0.328 e. The van der Waals surface area contributed by atoms with Gasteiger partial charge in [0.05, 0.1) is 4.47 Å². The van der Waals surface area contributed by atoms with Crippen molar-refractivity contribution in [2.75, 3.05) is 7.05 Å². The van der Waals surface area contributed by atoms with Gasteiger partial charge >= 0.3 is 6.03 Å². The standard InChI is InChI=1S/C18H14BrFN2O3/c1-22-17(23)15(21-18(22)24)9-12-4-7-16(14(19)8-12)25-10-11-2-5-13(20)6-3-11/h2-9H,10H2,1H3,(H,21,24)/b15-9+. The maximum Gasteiger partial charge on any atom is 0.328 e. The lowest BCUT2D eigenvalue weighted by Crippen LogP contribution is -2.25. The van der Waals surface area contributed by atoms with E-state index in [9.17, 15) is 14.0 Å². The molecule has 3 amide bonds. The Morgan fingerprint density at radius 3 is 2.52 bits per heavy atom. The fraction of sp³-hybridized carbons (Fsp3) is 0.111. The Balaban J connectivity index is 1.72. The van der Waals surface area contributed by atoms with Crippen LogP contribution in [-0.4, -0.2) is 23.9 Å². The fourth-order valence-corrected chi connectivity index (χ4v) is 2.77. The maximum absolute atomic E-state index is 12.9. The van der Waals surface area contributed by atoms with Crippen molar-refractivity contribution in [2.24, 2.45) is 0 Å². The van der Waals surface area contributed by atoms with Crippen LogP contribution >= 0.6 is 15.9 Å². The van der Waals surface area contributed by atoms with Crippen LogP contribution in [0.15, 0.2) is 52.6 Å². The van der Waals surface area contributed by atoms with Crippen LogP contribution in [0.4, 0.5) is 9.18 Å². The van der Waals surface area contributed by atoms with Crippen molar-refractivity contribution < 1.29 is 18.7 Å². The van der Waals surface area contributed by atoms with Gasteiger partial charge in [0, 0.05) is 7.05 Å². The Kier molecular flexibility index (Phi) is 4.85. The molecule has 25 heavy (non-hydrogen) atoms. The highest BCUT2D eigenvalue weighted by Gasteiger charge is 2.29. The number of carbonyl (C=O) groups excluding carboxylic acids is 2. The summed E-state index contributed by atoms with van der Waals surface area (Å²) in [5.41, 5.74) is 1.81. The van der Waals surface area contributed by atoms with Crippen LogP contribution in [0.1, 0.15) is 11.1 Å². The molecule has 1 saturated heterocycles. The molecule has 2 aromatic rings. The number of hydrogen-bond acceptors (Lipinski definition) is 3. The second kappa shape index (κ2) is 7.06. The Hall–Kier alpha value is -2.67. The molecule has 0 atom stereocenters. The van der Waals surface area contributed by atoms with Crippen molar-refractivity contribution in [2.45, 2.75) is 6.61 Å². The average Bonchev–Trinajstić information content (AvgIpc) is 2.83. The molecule has 1 fully saturated rings. The van der Waals surface area contributed by atoms with E-state index in [1.54, 1.807) is 36.4 Å². The van der Waals surface area contributed by atoms with Gasteiger partial charge in [-0.25, -0.2) is 9.18 Å². The van der Waals surface area contributed by atoms with Gasteiger partial charge in [0.15, 0.2) is 0 Å². The third-order valence-corrected chi connectivity index (χ3v) is 4.28. The molecule has 0 radical (unpaired) electrons. The van der Waals surface area contributed by atoms with Crippen molar-refractivity contribution in [3.8, 4) is 5.75 Å². The normalized spacial score (nSPS) is 15.6. The molecule has 1 N–H and O–H groups in total. The second-order valence-electron chi connectivity index (χ2n) is 5.46. The van der Waals surface area contributed by atoms with Crippen LogP contribution in [0.2, 0.25) is 0 Å². The summed E-state index contributed by atoms with van der Waals surface area (Å²) in [5, 5.41) is 2.51. The lowest BCUT2D eigenvalue weighted by molar-refractivity contribution is -0.121. The molecule has 0 aliphatic carbocycles. The third kappa shape index (κ3) is 3.88. The number of likely N-dealkylation sites (N-methyl/N-ethyl adjacent to an activating group) is 1. The molecule has 1 heterocycles. The van der Waals surface area contributed by atoms with E-state index in [0.29, 0.717) is 16.8 Å². The Morgan fingerprint density at radius 2 is 1.92 bits per heavy atom. The SMILES string of the molecule is CN1C(=O)N/C(=C/c2ccc(OCc3ccc(F)cc3)c(Br)c2)C1=O. The van der Waals surface area contributed by atoms with Crippen molar-refractivity contribution in [3.05, 3.63) is 69.6 Å². The van der Waals surface area contributed by atoms with Crippen LogP contribution in [-0.2, 0) is 11.4 Å². The van der Waals surface area contributed by atoms with Crippen molar-refractivity contribution in [3.63, 3.8) is 0 Å². The number of nitrogens with zero attached hydrogens (tertiary/aromatic N) is 1. The van der Waals surface area contributed by atoms with E-state index in [1.807, 2.05) is 0 Å². The lowest BCUT2D eigenvalue weighted by atomic mass is 10.2. The predicted molar refractivity (Wildman–Crippen MR) is 94.2 cm³/mol. The number of benzene rings is 2. The summed E-state index contributed by atoms with van der Waals surface area (Å²) in [6, 6.07) is 10.9. The zero-order valence-electron chi connectivity index (χ0n) is 13.3. The molecule has 0 bridgehead atoms. The molecular formula is C18H14BrFN2O3. The zero-order valence-corrected chi connectivity index (χ0v) is 14.8. The number of imide groups is 1. The first kappa shape index (κ1) is 17.2. The number of urea groups is 1. The number of rotatable bonds is 4. The molecule has 1 aliphatic heterocycles. The van der Waals surface area contributed by atoms with Crippen LogP contribution in [0.25, 0.3) is 6.08 Å². The maximum atomic E-state index is 12.9. The highest BCUT2D eigenvalue weighted by atomic mass is 79.9. The van der Waals surface area contributed by atoms with E-state index in [0.717, 1.165) is 16.0 Å². The summed E-state index contributed by atoms with van der Waals surface area (Å²) < 4.78 is 19.3. The quantitative estimate of drug-likeness (QED) is 0.624. The van der Waals surface area contributed by atoms with Gasteiger partial charge in [-0.2, -0.15) is 0 Å². The molecule has 2 aromatic carbocycles. The van der Waals surface area contributed by atoms with Gasteiger partial charge in [0.2, 0.25) is 0 Å². The number of carbonyl (C=O) groups is 2. The summed E-state index contributed by atoms with van der Waals surface area (Å²) in [5.74, 6) is -0.0512. The number of ether oxygens (including phenoxy) is 1. The minimum absolute atomic E-state index is 0.222. The van der Waals surface area contributed by atoms with Crippen LogP contribution in [0.5, 0.6) is 5.75 Å². The fourth-order valence-electron chi connectivity index (χ4n) is 2.26. The molecule has 7 heteroatoms. The van der Waals surface area contributed by atoms with Crippen molar-refractivity contribution >= 4 is 33.9 Å². The minimum atomic E-state index is -0.449. The Morgan fingerprint density at radius 1 is 1.20 bits per heavy atom. The van der Waals surface area contributed by atoms with Crippen LogP contribution < -0.4 is 10.1 Å². The van der Waals surface area contributed by atoms with Crippen molar-refractivity contribution in [1.29, 1.82) is 0 Å². The third-order valence-electron chi connectivity index (χ3n) is 3.66. The predicted octanol–water partition coefficient (Wildman–Crippen LogP) is 3.69. The molecule has 128 valence electrons. The molecule has 3 rings (SSSR count). The highest BCUT2D eigenvalue weighted by molar-refractivity contribution is 9.10. The van der Waals surface area contributed by atoms with Gasteiger partial charge in [-0.3, -0.25) is 9.69 Å². The van der Waals surface area contributed by atoms with E-state index >= 15 is 0 Å². The zero-order chi connectivity index (χ0) is 18.0. The molecule has 0 spiro atoms. The van der Waals surface area contributed by atoms with E-state index in [-0.39, 0.29) is 17.4 Å². The van der Waals surface area contributed by atoms with E-state index < -0.39 is 6.03 Å².